The number of aryl methyl sites for hydroxylation is 2. The average Bonchev–Trinajstić information content (AvgIpc) is 2.45. The maximum atomic E-state index is 3.73. The minimum atomic E-state index is 0.834. The SMILES string of the molecule is CCc1cccc(CC)c1NCC1CCNCC1. The standard InChI is InChI=1S/C16H26N2/c1-3-14-6-5-7-15(4-2)16(14)18-12-13-8-10-17-11-9-13/h5-7,13,17-18H,3-4,8-12H2,1-2H3. The molecule has 1 heterocycles. The summed E-state index contributed by atoms with van der Waals surface area (Å²) in [5.74, 6) is 0.834. The highest BCUT2D eigenvalue weighted by molar-refractivity contribution is 5.57. The Bertz CT molecular complexity index is 345. The third-order valence-corrected chi connectivity index (χ3v) is 4.03. The highest BCUT2D eigenvalue weighted by Crippen LogP contribution is 2.23. The van der Waals surface area contributed by atoms with Crippen LogP contribution in [0.25, 0.3) is 0 Å². The van der Waals surface area contributed by atoms with Gasteiger partial charge in [-0.1, -0.05) is 32.0 Å². The predicted molar refractivity (Wildman–Crippen MR) is 79.3 cm³/mol. The minimum absolute atomic E-state index is 0.834. The van der Waals surface area contributed by atoms with Crippen LogP contribution in [0.3, 0.4) is 0 Å². The number of hydrogen-bond acceptors (Lipinski definition) is 2. The number of benzene rings is 1. The molecule has 0 atom stereocenters. The van der Waals surface area contributed by atoms with Gasteiger partial charge >= 0.3 is 0 Å². The van der Waals surface area contributed by atoms with Crippen molar-refractivity contribution in [1.82, 2.24) is 5.32 Å². The number of nitrogens with one attached hydrogen (secondary N) is 2. The molecule has 18 heavy (non-hydrogen) atoms. The van der Waals surface area contributed by atoms with E-state index in [4.69, 9.17) is 0 Å². The molecule has 1 fully saturated rings. The molecule has 0 bridgehead atoms. The second kappa shape index (κ2) is 6.79. The summed E-state index contributed by atoms with van der Waals surface area (Å²) in [6.07, 6.45) is 4.84. The third-order valence-electron chi connectivity index (χ3n) is 4.03. The maximum Gasteiger partial charge on any atom is 0.0405 e. The lowest BCUT2D eigenvalue weighted by molar-refractivity contribution is 0.390. The van der Waals surface area contributed by atoms with Crippen molar-refractivity contribution in [3.8, 4) is 0 Å². The van der Waals surface area contributed by atoms with Crippen molar-refractivity contribution in [3.63, 3.8) is 0 Å². The zero-order valence-corrected chi connectivity index (χ0v) is 11.8. The molecule has 0 aromatic heterocycles. The summed E-state index contributed by atoms with van der Waals surface area (Å²) in [5.41, 5.74) is 4.33. The second-order valence-corrected chi connectivity index (χ2v) is 5.23. The first-order valence-corrected chi connectivity index (χ1v) is 7.40. The second-order valence-electron chi connectivity index (χ2n) is 5.23. The van der Waals surface area contributed by atoms with Gasteiger partial charge in [-0.3, -0.25) is 0 Å². The molecule has 1 saturated heterocycles. The van der Waals surface area contributed by atoms with Crippen LogP contribution in [-0.2, 0) is 12.8 Å². The molecule has 1 aromatic rings. The van der Waals surface area contributed by atoms with Gasteiger partial charge in [-0.25, -0.2) is 0 Å². The highest BCUT2D eigenvalue weighted by atomic mass is 14.9. The van der Waals surface area contributed by atoms with E-state index in [0.29, 0.717) is 0 Å². The molecule has 2 heteroatoms. The molecule has 0 unspecified atom stereocenters. The van der Waals surface area contributed by atoms with Gasteiger partial charge in [0.05, 0.1) is 0 Å². The molecule has 2 N–H and O–H groups in total. The summed E-state index contributed by atoms with van der Waals surface area (Å²) < 4.78 is 0. The Labute approximate surface area is 111 Å². The first-order chi connectivity index (χ1) is 8.85. The van der Waals surface area contributed by atoms with Gasteiger partial charge in [0.15, 0.2) is 0 Å². The van der Waals surface area contributed by atoms with Gasteiger partial charge in [0.2, 0.25) is 0 Å². The van der Waals surface area contributed by atoms with Gasteiger partial charge in [-0.05, 0) is 55.8 Å². The van der Waals surface area contributed by atoms with E-state index in [2.05, 4.69) is 42.7 Å². The van der Waals surface area contributed by atoms with Crippen molar-refractivity contribution < 1.29 is 0 Å². The molecule has 0 radical (unpaired) electrons. The summed E-state index contributed by atoms with van der Waals surface area (Å²) in [6.45, 7) is 7.98. The van der Waals surface area contributed by atoms with Crippen LogP contribution in [0.2, 0.25) is 0 Å². The van der Waals surface area contributed by atoms with Crippen molar-refractivity contribution >= 4 is 5.69 Å². The van der Waals surface area contributed by atoms with Crippen LogP contribution >= 0.6 is 0 Å². The summed E-state index contributed by atoms with van der Waals surface area (Å²) in [6, 6.07) is 6.70. The fourth-order valence-electron chi connectivity index (χ4n) is 2.80. The average molecular weight is 246 g/mol. The Morgan fingerprint density at radius 2 is 1.72 bits per heavy atom. The quantitative estimate of drug-likeness (QED) is 0.833. The van der Waals surface area contributed by atoms with Crippen LogP contribution in [0, 0.1) is 5.92 Å². The molecule has 1 aliphatic rings. The molecule has 1 aromatic carbocycles. The molecule has 2 rings (SSSR count). The molecule has 0 spiro atoms. The largest absolute Gasteiger partial charge is 0.384 e. The molecule has 1 aliphatic heterocycles. The zero-order chi connectivity index (χ0) is 12.8. The van der Waals surface area contributed by atoms with E-state index in [1.165, 1.54) is 42.7 Å². The van der Waals surface area contributed by atoms with Crippen LogP contribution in [0.4, 0.5) is 5.69 Å². The Morgan fingerprint density at radius 1 is 1.11 bits per heavy atom. The van der Waals surface area contributed by atoms with E-state index in [9.17, 15) is 0 Å². The van der Waals surface area contributed by atoms with E-state index < -0.39 is 0 Å². The Balaban J connectivity index is 2.02. The van der Waals surface area contributed by atoms with Gasteiger partial charge in [-0.15, -0.1) is 0 Å². The molecular formula is C16H26N2. The fraction of sp³-hybridized carbons (Fsp3) is 0.625. The Kier molecular flexibility index (Phi) is 5.06. The van der Waals surface area contributed by atoms with Crippen molar-refractivity contribution in [1.29, 1.82) is 0 Å². The molecule has 0 saturated carbocycles. The predicted octanol–water partition coefficient (Wildman–Crippen LogP) is 3.22. The number of hydrogen-bond donors (Lipinski definition) is 2. The lowest BCUT2D eigenvalue weighted by atomic mass is 9.97. The smallest absolute Gasteiger partial charge is 0.0405 e. The van der Waals surface area contributed by atoms with Crippen LogP contribution in [0.1, 0.15) is 37.8 Å². The molecule has 2 nitrogen and oxygen atoms in total. The number of piperidine rings is 1. The lowest BCUT2D eigenvalue weighted by Crippen LogP contribution is -2.31. The van der Waals surface area contributed by atoms with Gasteiger partial charge in [0.1, 0.15) is 0 Å². The van der Waals surface area contributed by atoms with Crippen LogP contribution in [0.5, 0.6) is 0 Å². The topological polar surface area (TPSA) is 24.1 Å². The Hall–Kier alpha value is -1.02. The van der Waals surface area contributed by atoms with Gasteiger partial charge in [0, 0.05) is 12.2 Å². The van der Waals surface area contributed by atoms with Crippen molar-refractivity contribution in [2.75, 3.05) is 25.0 Å². The number of rotatable bonds is 5. The summed E-state index contributed by atoms with van der Waals surface area (Å²) in [7, 11) is 0. The maximum absolute atomic E-state index is 3.73. The summed E-state index contributed by atoms with van der Waals surface area (Å²) in [4.78, 5) is 0. The van der Waals surface area contributed by atoms with Crippen molar-refractivity contribution in [2.24, 2.45) is 5.92 Å². The van der Waals surface area contributed by atoms with Gasteiger partial charge < -0.3 is 10.6 Å². The number of anilines is 1. The van der Waals surface area contributed by atoms with Crippen LogP contribution in [0.15, 0.2) is 18.2 Å². The lowest BCUT2D eigenvalue weighted by Gasteiger charge is -2.24. The first-order valence-electron chi connectivity index (χ1n) is 7.40. The number of para-hydroxylation sites is 1. The zero-order valence-electron chi connectivity index (χ0n) is 11.8. The molecule has 0 amide bonds. The normalized spacial score (nSPS) is 16.8. The monoisotopic (exact) mass is 246 g/mol. The molecule has 0 aliphatic carbocycles. The third kappa shape index (κ3) is 3.26. The summed E-state index contributed by atoms with van der Waals surface area (Å²) >= 11 is 0. The van der Waals surface area contributed by atoms with Gasteiger partial charge in [-0.2, -0.15) is 0 Å². The van der Waals surface area contributed by atoms with E-state index in [0.717, 1.165) is 25.3 Å². The first kappa shape index (κ1) is 13.4. The van der Waals surface area contributed by atoms with E-state index in [-0.39, 0.29) is 0 Å². The van der Waals surface area contributed by atoms with E-state index >= 15 is 0 Å². The van der Waals surface area contributed by atoms with Gasteiger partial charge in [0.25, 0.3) is 0 Å². The van der Waals surface area contributed by atoms with E-state index in [1.54, 1.807) is 0 Å². The molecule has 100 valence electrons. The van der Waals surface area contributed by atoms with E-state index in [1.807, 2.05) is 0 Å². The fourth-order valence-corrected chi connectivity index (χ4v) is 2.80. The van der Waals surface area contributed by atoms with Crippen LogP contribution < -0.4 is 10.6 Å². The van der Waals surface area contributed by atoms with Crippen LogP contribution in [-0.4, -0.2) is 19.6 Å². The highest BCUT2D eigenvalue weighted by Gasteiger charge is 2.14. The Morgan fingerprint density at radius 3 is 2.28 bits per heavy atom. The molecular weight excluding hydrogens is 220 g/mol. The minimum Gasteiger partial charge on any atom is -0.384 e. The van der Waals surface area contributed by atoms with Crippen molar-refractivity contribution in [2.45, 2.75) is 39.5 Å². The van der Waals surface area contributed by atoms with Crippen molar-refractivity contribution in [3.05, 3.63) is 29.3 Å². The summed E-state index contributed by atoms with van der Waals surface area (Å²) in [5, 5.41) is 7.16.